The second kappa shape index (κ2) is 9.34. The highest BCUT2D eigenvalue weighted by Gasteiger charge is 2.32. The van der Waals surface area contributed by atoms with Crippen molar-refractivity contribution in [2.45, 2.75) is 18.2 Å². The molecule has 10 nitrogen and oxygen atoms in total. The van der Waals surface area contributed by atoms with Crippen LogP contribution in [0.5, 0.6) is 0 Å². The van der Waals surface area contributed by atoms with Gasteiger partial charge in [0, 0.05) is 10.9 Å². The molecule has 0 fully saturated rings. The Labute approximate surface area is 205 Å². The van der Waals surface area contributed by atoms with Crippen LogP contribution in [0.15, 0.2) is 59.7 Å². The van der Waals surface area contributed by atoms with Gasteiger partial charge in [-0.15, -0.1) is 0 Å². The van der Waals surface area contributed by atoms with Crippen LogP contribution in [0.2, 0.25) is 5.02 Å². The van der Waals surface area contributed by atoms with Crippen molar-refractivity contribution in [2.75, 3.05) is 11.1 Å². The number of anilines is 2. The molecule has 2 aromatic heterocycles. The summed E-state index contributed by atoms with van der Waals surface area (Å²) in [6.07, 6.45) is 1.08. The zero-order chi connectivity index (χ0) is 25.3. The molecule has 0 saturated carbocycles. The number of hydrogen-bond donors (Lipinski definition) is 4. The van der Waals surface area contributed by atoms with Crippen LogP contribution >= 0.6 is 11.6 Å². The monoisotopic (exact) mass is 510 g/mol. The van der Waals surface area contributed by atoms with Gasteiger partial charge in [-0.2, -0.15) is 13.7 Å². The number of nitrogens with two attached hydrogens (primary N) is 1. The number of para-hydroxylation sites is 1. The summed E-state index contributed by atoms with van der Waals surface area (Å²) in [5, 5.41) is 11.1. The van der Waals surface area contributed by atoms with Crippen LogP contribution in [-0.2, 0) is 10.1 Å². The van der Waals surface area contributed by atoms with Gasteiger partial charge in [-0.05, 0) is 24.6 Å². The van der Waals surface area contributed by atoms with E-state index >= 15 is 0 Å². The van der Waals surface area contributed by atoms with Crippen LogP contribution in [-0.4, -0.2) is 27.9 Å². The second-order valence-corrected chi connectivity index (χ2v) is 9.59. The molecule has 0 unspecified atom stereocenters. The summed E-state index contributed by atoms with van der Waals surface area (Å²) in [6.45, 7) is 1.67. The third-order valence-electron chi connectivity index (χ3n) is 5.46. The van der Waals surface area contributed by atoms with Crippen LogP contribution in [0.1, 0.15) is 29.3 Å². The van der Waals surface area contributed by atoms with E-state index in [9.17, 15) is 23.0 Å². The van der Waals surface area contributed by atoms with Gasteiger partial charge in [0.05, 0.1) is 33.9 Å². The van der Waals surface area contributed by atoms with Crippen molar-refractivity contribution in [1.82, 2.24) is 15.0 Å². The van der Waals surface area contributed by atoms with Gasteiger partial charge in [-0.3, -0.25) is 9.35 Å². The highest BCUT2D eigenvalue weighted by molar-refractivity contribution is 7.86. The van der Waals surface area contributed by atoms with E-state index < -0.39 is 21.4 Å². The van der Waals surface area contributed by atoms with E-state index in [2.05, 4.69) is 20.3 Å². The molecule has 12 heteroatoms. The highest BCUT2D eigenvalue weighted by Crippen LogP contribution is 2.34. The van der Waals surface area contributed by atoms with E-state index in [-0.39, 0.29) is 22.6 Å². The largest absolute Gasteiger partial charge is 0.383 e. The average Bonchev–Trinajstić information content (AvgIpc) is 2.81. The normalized spacial score (nSPS) is 13.2. The molecule has 5 N–H and O–H groups in total. The molecule has 4 aromatic rings. The number of nitrogen functional groups attached to an aromatic ring is 1. The molecule has 2 atom stereocenters. The summed E-state index contributed by atoms with van der Waals surface area (Å²) < 4.78 is 33.2. The number of rotatable bonds is 6. The number of aromatic nitrogens is 3. The van der Waals surface area contributed by atoms with Gasteiger partial charge >= 0.3 is 0 Å². The molecule has 0 aliphatic carbocycles. The van der Waals surface area contributed by atoms with Crippen LogP contribution in [0.4, 0.5) is 11.6 Å². The molecule has 0 bridgehead atoms. The molecule has 0 aliphatic rings. The minimum Gasteiger partial charge on any atom is -0.383 e. The third-order valence-corrected chi connectivity index (χ3v) is 6.71. The number of halogens is 1. The highest BCUT2D eigenvalue weighted by atomic mass is 35.5. The molecule has 0 spiro atoms. The number of fused-ring (bicyclic) bond motifs is 1. The minimum atomic E-state index is -4.85. The first kappa shape index (κ1) is 24.2. The molecule has 0 aliphatic heterocycles. The zero-order valence-corrected chi connectivity index (χ0v) is 19.8. The maximum absolute atomic E-state index is 13.6. The summed E-state index contributed by atoms with van der Waals surface area (Å²) in [5.41, 5.74) is 7.22. The second-order valence-electron chi connectivity index (χ2n) is 7.68. The third kappa shape index (κ3) is 4.54. The Kier molecular flexibility index (Phi) is 6.45. The summed E-state index contributed by atoms with van der Waals surface area (Å²) in [6, 6.07) is 14.8. The fraction of sp³-hybridized carbons (Fsp3) is 0.130. The molecule has 0 radical (unpaired) electrons. The number of nitriles is 1. The number of hydrogen-bond acceptors (Lipinski definition) is 8. The summed E-state index contributed by atoms with van der Waals surface area (Å²) in [5.74, 6) is -0.417. The first-order chi connectivity index (χ1) is 16.6. The maximum atomic E-state index is 13.6. The molecule has 0 amide bonds. The lowest BCUT2D eigenvalue weighted by atomic mass is 9.97. The molecule has 178 valence electrons. The van der Waals surface area contributed by atoms with E-state index in [1.54, 1.807) is 25.1 Å². The summed E-state index contributed by atoms with van der Waals surface area (Å²) >= 11 is 6.35. The van der Waals surface area contributed by atoms with Crippen molar-refractivity contribution in [1.29, 1.82) is 5.26 Å². The molecule has 2 aromatic carbocycles. The zero-order valence-electron chi connectivity index (χ0n) is 18.2. The van der Waals surface area contributed by atoms with Crippen molar-refractivity contribution in [2.24, 2.45) is 0 Å². The van der Waals surface area contributed by atoms with Gasteiger partial charge in [-0.1, -0.05) is 48.0 Å². The lowest BCUT2D eigenvalue weighted by molar-refractivity contribution is 0.477. The SMILES string of the molecule is C[C@H](Nc1ncnc(N)c1[C@@H](C#N)S(=O)(=O)O)c1c(-c2ccccc2)[nH]c2c(Cl)cccc2c1=O. The van der Waals surface area contributed by atoms with Crippen LogP contribution < -0.4 is 16.5 Å². The molecular formula is C23H19ClN6O4S. The maximum Gasteiger partial charge on any atom is 0.286 e. The standard InChI is InChI=1S/C23H19ClN6O4S/c1-12(29-23-18(22(26)27-11-28-23)16(10-25)35(32,33)34)17-19(13-6-3-2-4-7-13)30-20-14(21(17)31)8-5-9-15(20)24/h2-9,11-12,16H,1H3,(H,30,31)(H,32,33,34)(H3,26,27,28,29)/t12-,16+/m0/s1. The van der Waals surface area contributed by atoms with Crippen molar-refractivity contribution in [3.8, 4) is 17.3 Å². The first-order valence-corrected chi connectivity index (χ1v) is 12.1. The summed E-state index contributed by atoms with van der Waals surface area (Å²) in [7, 11) is -4.85. The number of nitrogens with one attached hydrogen (secondary N) is 2. The number of aromatic amines is 1. The minimum absolute atomic E-state index is 0.112. The first-order valence-electron chi connectivity index (χ1n) is 10.3. The Balaban J connectivity index is 1.93. The molecule has 4 rings (SSSR count). The van der Waals surface area contributed by atoms with E-state index in [0.717, 1.165) is 6.33 Å². The van der Waals surface area contributed by atoms with Crippen molar-refractivity contribution >= 4 is 44.3 Å². The number of pyridine rings is 1. The number of benzene rings is 2. The van der Waals surface area contributed by atoms with Crippen molar-refractivity contribution < 1.29 is 13.0 Å². The van der Waals surface area contributed by atoms with E-state index in [4.69, 9.17) is 17.3 Å². The molecule has 35 heavy (non-hydrogen) atoms. The van der Waals surface area contributed by atoms with E-state index in [0.29, 0.717) is 32.7 Å². The fourth-order valence-corrected chi connectivity index (χ4v) is 4.76. The predicted octanol–water partition coefficient (Wildman–Crippen LogP) is 3.85. The molecule has 2 heterocycles. The van der Waals surface area contributed by atoms with Gasteiger partial charge in [0.25, 0.3) is 10.1 Å². The van der Waals surface area contributed by atoms with Gasteiger partial charge < -0.3 is 16.0 Å². The number of H-pyrrole nitrogens is 1. The van der Waals surface area contributed by atoms with Gasteiger partial charge in [0.1, 0.15) is 18.0 Å². The smallest absolute Gasteiger partial charge is 0.286 e. The Morgan fingerprint density at radius 3 is 2.51 bits per heavy atom. The van der Waals surface area contributed by atoms with E-state index in [1.807, 2.05) is 30.3 Å². The average molecular weight is 511 g/mol. The van der Waals surface area contributed by atoms with Gasteiger partial charge in [-0.25, -0.2) is 9.97 Å². The molecular weight excluding hydrogens is 492 g/mol. The topological polar surface area (TPSA) is 175 Å². The quantitative estimate of drug-likeness (QED) is 0.281. The summed E-state index contributed by atoms with van der Waals surface area (Å²) in [4.78, 5) is 24.7. The van der Waals surface area contributed by atoms with Crippen molar-refractivity contribution in [3.05, 3.63) is 81.2 Å². The lowest BCUT2D eigenvalue weighted by Crippen LogP contribution is -2.23. The Hall–Kier alpha value is -3.98. The van der Waals surface area contributed by atoms with Crippen LogP contribution in [0.3, 0.4) is 0 Å². The van der Waals surface area contributed by atoms with Gasteiger partial charge in [0.2, 0.25) is 5.25 Å². The Morgan fingerprint density at radius 2 is 1.86 bits per heavy atom. The number of nitrogens with zero attached hydrogens (tertiary/aromatic N) is 3. The van der Waals surface area contributed by atoms with Crippen LogP contribution in [0, 0.1) is 11.3 Å². The van der Waals surface area contributed by atoms with Crippen LogP contribution in [0.25, 0.3) is 22.2 Å². The van der Waals surface area contributed by atoms with Gasteiger partial charge in [0.15, 0.2) is 5.43 Å². The fourth-order valence-electron chi connectivity index (χ4n) is 3.88. The molecule has 0 saturated heterocycles. The van der Waals surface area contributed by atoms with Crippen molar-refractivity contribution in [3.63, 3.8) is 0 Å². The lowest BCUT2D eigenvalue weighted by Gasteiger charge is -2.21. The Morgan fingerprint density at radius 1 is 1.14 bits per heavy atom. The van der Waals surface area contributed by atoms with E-state index in [1.165, 1.54) is 6.07 Å². The Bertz CT molecular complexity index is 1630. The predicted molar refractivity (Wildman–Crippen MR) is 133 cm³/mol.